The fraction of sp³-hybridized carbons (Fsp3) is 0.700. The zero-order chi connectivity index (χ0) is 21.0. The third kappa shape index (κ3) is 4.23. The standard InChI is InChI=1S/C20H28O8S/c1-12(13-9-7-6-8-10-13)29(21,22)28-16-15(14-11-23-19(2,3)25-14)24-18-17(16)26-20(4,5)27-18/h6-10,12,14-18H,11H2,1-5H3/t12-,14-,15-,16-,17-,18-/m1/s1. The first-order valence-electron chi connectivity index (χ1n) is 9.77. The molecule has 6 atom stereocenters. The highest BCUT2D eigenvalue weighted by Gasteiger charge is 2.60. The topological polar surface area (TPSA) is 89.5 Å². The van der Waals surface area contributed by atoms with Crippen molar-refractivity contribution in [1.82, 2.24) is 0 Å². The molecule has 0 saturated carbocycles. The molecule has 8 nitrogen and oxygen atoms in total. The summed E-state index contributed by atoms with van der Waals surface area (Å²) in [5.74, 6) is -1.68. The molecule has 0 radical (unpaired) electrons. The second kappa shape index (κ2) is 7.26. The Bertz CT molecular complexity index is 837. The van der Waals surface area contributed by atoms with Crippen molar-refractivity contribution >= 4 is 10.1 Å². The van der Waals surface area contributed by atoms with Gasteiger partial charge in [-0.3, -0.25) is 4.18 Å². The van der Waals surface area contributed by atoms with Crippen LogP contribution in [0.4, 0.5) is 0 Å². The number of fused-ring (bicyclic) bond motifs is 1. The Morgan fingerprint density at radius 2 is 1.69 bits per heavy atom. The summed E-state index contributed by atoms with van der Waals surface area (Å²) in [4.78, 5) is 0. The Morgan fingerprint density at radius 3 is 2.31 bits per heavy atom. The number of hydrogen-bond acceptors (Lipinski definition) is 8. The van der Waals surface area contributed by atoms with Crippen molar-refractivity contribution in [3.8, 4) is 0 Å². The van der Waals surface area contributed by atoms with Crippen molar-refractivity contribution in [1.29, 1.82) is 0 Å². The molecule has 3 aliphatic heterocycles. The molecule has 3 aliphatic rings. The fourth-order valence-corrected chi connectivity index (χ4v) is 5.11. The largest absolute Gasteiger partial charge is 0.348 e. The third-order valence-electron chi connectivity index (χ3n) is 5.37. The summed E-state index contributed by atoms with van der Waals surface area (Å²) >= 11 is 0. The van der Waals surface area contributed by atoms with Gasteiger partial charge < -0.3 is 23.7 Å². The number of benzene rings is 1. The van der Waals surface area contributed by atoms with Crippen LogP contribution in [-0.2, 0) is 38.0 Å². The van der Waals surface area contributed by atoms with Gasteiger partial charge in [0.25, 0.3) is 10.1 Å². The molecule has 0 N–H and O–H groups in total. The smallest absolute Gasteiger partial charge is 0.274 e. The first-order chi connectivity index (χ1) is 13.5. The molecule has 29 heavy (non-hydrogen) atoms. The second-order valence-electron chi connectivity index (χ2n) is 8.54. The third-order valence-corrected chi connectivity index (χ3v) is 7.00. The normalized spacial score (nSPS) is 36.8. The van der Waals surface area contributed by atoms with Crippen LogP contribution in [0.2, 0.25) is 0 Å². The SMILES string of the molecule is C[C@H](c1ccccc1)S(=O)(=O)O[C@H]1[C@H]2OC(C)(C)O[C@H]2O[C@@H]1[C@H]1COC(C)(C)O1. The van der Waals surface area contributed by atoms with Gasteiger partial charge in [-0.1, -0.05) is 30.3 Å². The molecule has 1 aromatic carbocycles. The quantitative estimate of drug-likeness (QED) is 0.661. The molecular weight excluding hydrogens is 400 g/mol. The predicted molar refractivity (Wildman–Crippen MR) is 102 cm³/mol. The highest BCUT2D eigenvalue weighted by Crippen LogP contribution is 2.43. The lowest BCUT2D eigenvalue weighted by molar-refractivity contribution is -0.230. The molecule has 0 unspecified atom stereocenters. The van der Waals surface area contributed by atoms with Crippen LogP contribution in [-0.4, -0.2) is 57.3 Å². The molecule has 9 heteroatoms. The Labute approximate surface area is 171 Å². The van der Waals surface area contributed by atoms with Crippen molar-refractivity contribution in [2.45, 2.75) is 82.1 Å². The fourth-order valence-electron chi connectivity index (χ4n) is 3.92. The second-order valence-corrected chi connectivity index (χ2v) is 10.4. The lowest BCUT2D eigenvalue weighted by atomic mass is 10.1. The summed E-state index contributed by atoms with van der Waals surface area (Å²) in [7, 11) is -3.98. The van der Waals surface area contributed by atoms with E-state index in [0.717, 1.165) is 0 Å². The van der Waals surface area contributed by atoms with Crippen molar-refractivity contribution in [2.75, 3.05) is 6.61 Å². The molecule has 1 aromatic rings. The van der Waals surface area contributed by atoms with E-state index in [2.05, 4.69) is 0 Å². The zero-order valence-electron chi connectivity index (χ0n) is 17.2. The van der Waals surface area contributed by atoms with Crippen LogP contribution in [0.1, 0.15) is 45.4 Å². The minimum absolute atomic E-state index is 0.259. The Morgan fingerprint density at radius 1 is 1.00 bits per heavy atom. The van der Waals surface area contributed by atoms with Crippen molar-refractivity contribution < 1.29 is 36.3 Å². The van der Waals surface area contributed by atoms with E-state index in [1.54, 1.807) is 58.9 Å². The van der Waals surface area contributed by atoms with Crippen LogP contribution in [0.5, 0.6) is 0 Å². The van der Waals surface area contributed by atoms with Gasteiger partial charge in [-0.15, -0.1) is 0 Å². The summed E-state index contributed by atoms with van der Waals surface area (Å²) in [6, 6.07) is 8.93. The molecule has 3 heterocycles. The van der Waals surface area contributed by atoms with Gasteiger partial charge in [0.1, 0.15) is 29.7 Å². The van der Waals surface area contributed by atoms with Crippen LogP contribution < -0.4 is 0 Å². The van der Waals surface area contributed by atoms with E-state index < -0.39 is 57.6 Å². The zero-order valence-corrected chi connectivity index (χ0v) is 18.0. The predicted octanol–water partition coefficient (Wildman–Crippen LogP) is 2.49. The van der Waals surface area contributed by atoms with Gasteiger partial charge in [-0.05, 0) is 40.2 Å². The lowest BCUT2D eigenvalue weighted by Crippen LogP contribution is -2.45. The average Bonchev–Trinajstić information content (AvgIpc) is 3.25. The Hall–Kier alpha value is -1.07. The molecule has 0 spiro atoms. The van der Waals surface area contributed by atoms with Gasteiger partial charge in [0.05, 0.1) is 6.61 Å². The van der Waals surface area contributed by atoms with Gasteiger partial charge in [-0.2, -0.15) is 8.42 Å². The van der Waals surface area contributed by atoms with Gasteiger partial charge in [0.15, 0.2) is 17.9 Å². The number of rotatable bonds is 5. The number of ether oxygens (including phenoxy) is 5. The first-order valence-corrected chi connectivity index (χ1v) is 11.2. The maximum Gasteiger partial charge on any atom is 0.274 e. The van der Waals surface area contributed by atoms with E-state index in [4.69, 9.17) is 27.9 Å². The maximum absolute atomic E-state index is 13.1. The molecule has 0 aliphatic carbocycles. The Kier molecular flexibility index (Phi) is 5.30. The van der Waals surface area contributed by atoms with Crippen LogP contribution in [0, 0.1) is 0 Å². The summed E-state index contributed by atoms with van der Waals surface area (Å²) in [6.45, 7) is 8.95. The highest BCUT2D eigenvalue weighted by molar-refractivity contribution is 7.87. The van der Waals surface area contributed by atoms with Crippen LogP contribution in [0.3, 0.4) is 0 Å². The van der Waals surface area contributed by atoms with Crippen molar-refractivity contribution in [3.05, 3.63) is 35.9 Å². The summed E-state index contributed by atoms with van der Waals surface area (Å²) in [6.07, 6.45) is -3.56. The minimum Gasteiger partial charge on any atom is -0.348 e. The first kappa shape index (κ1) is 21.2. The maximum atomic E-state index is 13.1. The van der Waals surface area contributed by atoms with E-state index in [0.29, 0.717) is 5.56 Å². The lowest BCUT2D eigenvalue weighted by Gasteiger charge is -2.29. The molecule has 0 aromatic heterocycles. The molecule has 3 fully saturated rings. The molecular formula is C20H28O8S. The summed E-state index contributed by atoms with van der Waals surface area (Å²) in [5.41, 5.74) is 0.644. The highest BCUT2D eigenvalue weighted by atomic mass is 32.2. The molecule has 3 saturated heterocycles. The van der Waals surface area contributed by atoms with E-state index in [-0.39, 0.29) is 6.61 Å². The monoisotopic (exact) mass is 428 g/mol. The van der Waals surface area contributed by atoms with Crippen molar-refractivity contribution in [3.63, 3.8) is 0 Å². The summed E-state index contributed by atoms with van der Waals surface area (Å²) < 4.78 is 61.1. The van der Waals surface area contributed by atoms with E-state index in [1.165, 1.54) is 0 Å². The van der Waals surface area contributed by atoms with Gasteiger partial charge in [0, 0.05) is 0 Å². The molecule has 0 bridgehead atoms. The number of hydrogen-bond donors (Lipinski definition) is 0. The van der Waals surface area contributed by atoms with Gasteiger partial charge in [-0.25, -0.2) is 0 Å². The van der Waals surface area contributed by atoms with Crippen molar-refractivity contribution in [2.24, 2.45) is 0 Å². The Balaban J connectivity index is 1.59. The molecule has 0 amide bonds. The van der Waals surface area contributed by atoms with Gasteiger partial charge >= 0.3 is 0 Å². The average molecular weight is 429 g/mol. The van der Waals surface area contributed by atoms with Crippen LogP contribution >= 0.6 is 0 Å². The van der Waals surface area contributed by atoms with E-state index in [1.807, 2.05) is 6.07 Å². The van der Waals surface area contributed by atoms with Gasteiger partial charge in [0.2, 0.25) is 0 Å². The van der Waals surface area contributed by atoms with Crippen LogP contribution in [0.15, 0.2) is 30.3 Å². The summed E-state index contributed by atoms with van der Waals surface area (Å²) in [5, 5.41) is -0.851. The van der Waals surface area contributed by atoms with E-state index in [9.17, 15) is 8.42 Å². The minimum atomic E-state index is -3.98. The van der Waals surface area contributed by atoms with E-state index >= 15 is 0 Å². The molecule has 162 valence electrons. The van der Waals surface area contributed by atoms with Crippen LogP contribution in [0.25, 0.3) is 0 Å². The molecule has 4 rings (SSSR count).